The van der Waals surface area contributed by atoms with Crippen molar-refractivity contribution in [2.75, 3.05) is 13.7 Å². The number of carbonyl (C=O) groups excluding carboxylic acids is 1. The Labute approximate surface area is 82.4 Å². The zero-order valence-corrected chi connectivity index (χ0v) is 7.86. The molecule has 0 aliphatic heterocycles. The number of carbonyl (C=O) groups is 1. The molecule has 0 bridgehead atoms. The number of ether oxygens (including phenoxy) is 1. The third kappa shape index (κ3) is 2.38. The molecule has 0 unspecified atom stereocenters. The van der Waals surface area contributed by atoms with Crippen LogP contribution < -0.4 is 0 Å². The summed E-state index contributed by atoms with van der Waals surface area (Å²) in [5.41, 5.74) is 1.59. The number of rotatable bonds is 4. The number of aldehydes is 1. The van der Waals surface area contributed by atoms with Gasteiger partial charge in [-0.15, -0.1) is 0 Å². The molecule has 1 aromatic heterocycles. The third-order valence-corrected chi connectivity index (χ3v) is 1.80. The van der Waals surface area contributed by atoms with Gasteiger partial charge in [0.05, 0.1) is 13.2 Å². The van der Waals surface area contributed by atoms with Gasteiger partial charge in [0, 0.05) is 13.3 Å². The molecule has 0 amide bonds. The van der Waals surface area contributed by atoms with Crippen molar-refractivity contribution in [1.82, 2.24) is 4.98 Å². The standard InChI is InChI=1S/C10H10N2O2/c1-11-9-5-8(3-4-14-2)10(7-13)12-6-9/h5-7H,3-4H2,2H3. The highest BCUT2D eigenvalue weighted by Gasteiger charge is 2.04. The summed E-state index contributed by atoms with van der Waals surface area (Å²) >= 11 is 0. The molecule has 14 heavy (non-hydrogen) atoms. The molecule has 1 aromatic rings. The van der Waals surface area contributed by atoms with Crippen LogP contribution in [-0.2, 0) is 11.2 Å². The van der Waals surface area contributed by atoms with Crippen LogP contribution in [0.3, 0.4) is 0 Å². The van der Waals surface area contributed by atoms with Crippen molar-refractivity contribution in [1.29, 1.82) is 0 Å². The maximum Gasteiger partial charge on any atom is 0.205 e. The fraction of sp³-hybridized carbons (Fsp3) is 0.300. The topological polar surface area (TPSA) is 43.5 Å². The van der Waals surface area contributed by atoms with Gasteiger partial charge in [-0.2, -0.15) is 0 Å². The molecule has 1 heterocycles. The van der Waals surface area contributed by atoms with Gasteiger partial charge < -0.3 is 4.74 Å². The van der Waals surface area contributed by atoms with Crippen LogP contribution in [0.4, 0.5) is 5.69 Å². The van der Waals surface area contributed by atoms with E-state index >= 15 is 0 Å². The maximum absolute atomic E-state index is 10.6. The summed E-state index contributed by atoms with van der Waals surface area (Å²) in [5, 5.41) is 0. The second kappa shape index (κ2) is 5.10. The highest BCUT2D eigenvalue weighted by Crippen LogP contribution is 2.15. The molecule has 1 rings (SSSR count). The van der Waals surface area contributed by atoms with Gasteiger partial charge in [-0.05, 0) is 18.1 Å². The molecule has 0 atom stereocenters. The van der Waals surface area contributed by atoms with E-state index in [1.165, 1.54) is 6.20 Å². The Morgan fingerprint density at radius 1 is 1.71 bits per heavy atom. The van der Waals surface area contributed by atoms with Crippen LogP contribution >= 0.6 is 0 Å². The van der Waals surface area contributed by atoms with Gasteiger partial charge in [0.1, 0.15) is 5.69 Å². The molecule has 0 aliphatic carbocycles. The fourth-order valence-electron chi connectivity index (χ4n) is 1.09. The van der Waals surface area contributed by atoms with Gasteiger partial charge in [-0.25, -0.2) is 4.85 Å². The van der Waals surface area contributed by atoms with Crippen molar-refractivity contribution >= 4 is 12.0 Å². The van der Waals surface area contributed by atoms with Crippen molar-refractivity contribution in [2.45, 2.75) is 6.42 Å². The first-order valence-corrected chi connectivity index (χ1v) is 4.12. The highest BCUT2D eigenvalue weighted by molar-refractivity contribution is 5.75. The molecule has 0 radical (unpaired) electrons. The van der Waals surface area contributed by atoms with E-state index in [1.54, 1.807) is 13.2 Å². The molecule has 0 aliphatic rings. The minimum Gasteiger partial charge on any atom is -0.384 e. The molecule has 4 heteroatoms. The SMILES string of the molecule is [C-]#[N+]c1cnc(C=O)c(CCOC)c1. The Morgan fingerprint density at radius 2 is 2.50 bits per heavy atom. The van der Waals surface area contributed by atoms with Crippen LogP contribution in [-0.4, -0.2) is 25.0 Å². The molecule has 0 saturated carbocycles. The Hall–Kier alpha value is -1.73. The van der Waals surface area contributed by atoms with E-state index in [0.29, 0.717) is 30.7 Å². The van der Waals surface area contributed by atoms with Crippen molar-refractivity contribution in [3.63, 3.8) is 0 Å². The number of nitrogens with zero attached hydrogens (tertiary/aromatic N) is 2. The largest absolute Gasteiger partial charge is 0.384 e. The lowest BCUT2D eigenvalue weighted by Gasteiger charge is -2.03. The number of aromatic nitrogens is 1. The van der Waals surface area contributed by atoms with Crippen molar-refractivity contribution < 1.29 is 9.53 Å². The molecule has 0 aromatic carbocycles. The minimum atomic E-state index is 0.384. The number of hydrogen-bond acceptors (Lipinski definition) is 3. The molecule has 0 N–H and O–H groups in total. The predicted molar refractivity (Wildman–Crippen MR) is 51.5 cm³/mol. The number of pyridine rings is 1. The van der Waals surface area contributed by atoms with Crippen molar-refractivity contribution in [2.24, 2.45) is 0 Å². The van der Waals surface area contributed by atoms with Gasteiger partial charge in [0.15, 0.2) is 6.29 Å². The minimum absolute atomic E-state index is 0.384. The lowest BCUT2D eigenvalue weighted by Crippen LogP contribution is -2.00. The summed E-state index contributed by atoms with van der Waals surface area (Å²) in [7, 11) is 1.59. The monoisotopic (exact) mass is 190 g/mol. The fourth-order valence-corrected chi connectivity index (χ4v) is 1.09. The summed E-state index contributed by atoms with van der Waals surface area (Å²) in [4.78, 5) is 17.7. The molecular weight excluding hydrogens is 180 g/mol. The van der Waals surface area contributed by atoms with E-state index < -0.39 is 0 Å². The zero-order valence-electron chi connectivity index (χ0n) is 7.86. The summed E-state index contributed by atoms with van der Waals surface area (Å²) in [6, 6.07) is 1.67. The van der Waals surface area contributed by atoms with Gasteiger partial charge in [0.25, 0.3) is 0 Å². The van der Waals surface area contributed by atoms with Crippen LogP contribution in [0.1, 0.15) is 16.1 Å². The zero-order chi connectivity index (χ0) is 10.4. The van der Waals surface area contributed by atoms with Crippen LogP contribution in [0, 0.1) is 6.57 Å². The van der Waals surface area contributed by atoms with Crippen LogP contribution in [0.5, 0.6) is 0 Å². The number of methoxy groups -OCH3 is 1. The smallest absolute Gasteiger partial charge is 0.205 e. The van der Waals surface area contributed by atoms with Gasteiger partial charge in [-0.3, -0.25) is 9.78 Å². The van der Waals surface area contributed by atoms with Crippen molar-refractivity contribution in [3.8, 4) is 0 Å². The summed E-state index contributed by atoms with van der Waals surface area (Å²) < 4.78 is 4.90. The molecule has 0 saturated heterocycles. The first-order chi connectivity index (χ1) is 6.81. The van der Waals surface area contributed by atoms with Gasteiger partial charge in [-0.1, -0.05) is 0 Å². The number of hydrogen-bond donors (Lipinski definition) is 0. The molecular formula is C10H10N2O2. The van der Waals surface area contributed by atoms with E-state index in [4.69, 9.17) is 11.3 Å². The lowest BCUT2D eigenvalue weighted by molar-refractivity contribution is 0.111. The third-order valence-electron chi connectivity index (χ3n) is 1.80. The maximum atomic E-state index is 10.6. The Morgan fingerprint density at radius 3 is 3.07 bits per heavy atom. The Bertz CT molecular complexity index is 369. The first kappa shape index (κ1) is 10.4. The molecule has 0 spiro atoms. The molecule has 0 fully saturated rings. The average molecular weight is 190 g/mol. The lowest BCUT2D eigenvalue weighted by atomic mass is 10.1. The van der Waals surface area contributed by atoms with Crippen LogP contribution in [0.2, 0.25) is 0 Å². The van der Waals surface area contributed by atoms with E-state index in [0.717, 1.165) is 5.56 Å². The van der Waals surface area contributed by atoms with Crippen LogP contribution in [0.25, 0.3) is 4.85 Å². The van der Waals surface area contributed by atoms with Gasteiger partial charge in [0.2, 0.25) is 5.69 Å². The van der Waals surface area contributed by atoms with E-state index in [-0.39, 0.29) is 0 Å². The second-order valence-electron chi connectivity index (χ2n) is 2.71. The quantitative estimate of drug-likeness (QED) is 0.535. The van der Waals surface area contributed by atoms with Gasteiger partial charge >= 0.3 is 0 Å². The summed E-state index contributed by atoms with van der Waals surface area (Å²) in [6.45, 7) is 7.33. The van der Waals surface area contributed by atoms with E-state index in [9.17, 15) is 4.79 Å². The summed E-state index contributed by atoms with van der Waals surface area (Å²) in [6.07, 6.45) is 2.69. The average Bonchev–Trinajstić information content (AvgIpc) is 2.25. The molecule has 4 nitrogen and oxygen atoms in total. The Kier molecular flexibility index (Phi) is 3.77. The highest BCUT2D eigenvalue weighted by atomic mass is 16.5. The Balaban J connectivity index is 2.97. The van der Waals surface area contributed by atoms with Crippen LogP contribution in [0.15, 0.2) is 12.3 Å². The van der Waals surface area contributed by atoms with E-state index in [1.807, 2.05) is 0 Å². The summed E-state index contributed by atoms with van der Waals surface area (Å²) in [5.74, 6) is 0. The second-order valence-corrected chi connectivity index (χ2v) is 2.71. The first-order valence-electron chi connectivity index (χ1n) is 4.12. The normalized spacial score (nSPS) is 9.43. The molecule has 72 valence electrons. The van der Waals surface area contributed by atoms with E-state index in [2.05, 4.69) is 9.83 Å². The predicted octanol–water partition coefficient (Wildman–Crippen LogP) is 1.63. The van der Waals surface area contributed by atoms with Crippen molar-refractivity contribution in [3.05, 3.63) is 34.9 Å².